The van der Waals surface area contributed by atoms with Crippen molar-refractivity contribution in [3.8, 4) is 0 Å². The number of nitrogens with two attached hydrogens (primary N) is 1. The molecule has 2 heterocycles. The van der Waals surface area contributed by atoms with E-state index >= 15 is 0 Å². The summed E-state index contributed by atoms with van der Waals surface area (Å²) < 4.78 is 0. The highest BCUT2D eigenvalue weighted by molar-refractivity contribution is 5.49. The molecule has 18 heavy (non-hydrogen) atoms. The Morgan fingerprint density at radius 1 is 1.44 bits per heavy atom. The first kappa shape index (κ1) is 13.3. The Bertz CT molecular complexity index is 406. The second-order valence-electron chi connectivity index (χ2n) is 6.50. The number of hydrogen-bond acceptors (Lipinski definition) is 3. The molecule has 0 radical (unpaired) electrons. The van der Waals surface area contributed by atoms with Crippen molar-refractivity contribution in [3.05, 3.63) is 23.9 Å². The van der Waals surface area contributed by atoms with Crippen molar-refractivity contribution >= 4 is 5.82 Å². The van der Waals surface area contributed by atoms with E-state index in [1.165, 1.54) is 6.42 Å². The maximum Gasteiger partial charge on any atom is 0.133 e. The lowest BCUT2D eigenvalue weighted by molar-refractivity contribution is 0.263. The zero-order valence-electron chi connectivity index (χ0n) is 12.0. The Hall–Kier alpha value is -1.09. The third-order valence-electron chi connectivity index (χ3n) is 4.02. The van der Waals surface area contributed by atoms with Gasteiger partial charge in [-0.1, -0.05) is 26.8 Å². The third kappa shape index (κ3) is 2.66. The van der Waals surface area contributed by atoms with E-state index in [9.17, 15) is 0 Å². The van der Waals surface area contributed by atoms with E-state index in [2.05, 4.69) is 36.7 Å². The summed E-state index contributed by atoms with van der Waals surface area (Å²) in [6, 6.07) is 4.11. The zero-order valence-corrected chi connectivity index (χ0v) is 12.0. The number of pyridine rings is 1. The van der Waals surface area contributed by atoms with E-state index in [0.717, 1.165) is 30.4 Å². The molecule has 1 aromatic heterocycles. The van der Waals surface area contributed by atoms with Gasteiger partial charge in [0.25, 0.3) is 0 Å². The summed E-state index contributed by atoms with van der Waals surface area (Å²) in [7, 11) is 0. The summed E-state index contributed by atoms with van der Waals surface area (Å²) in [4.78, 5) is 6.94. The molecule has 2 rings (SSSR count). The minimum Gasteiger partial charge on any atom is -0.356 e. The van der Waals surface area contributed by atoms with Crippen molar-refractivity contribution in [1.29, 1.82) is 0 Å². The summed E-state index contributed by atoms with van der Waals surface area (Å²) in [5.41, 5.74) is 7.57. The molecule has 1 aliphatic heterocycles. The van der Waals surface area contributed by atoms with Crippen LogP contribution in [0.25, 0.3) is 0 Å². The van der Waals surface area contributed by atoms with Gasteiger partial charge in [0.1, 0.15) is 5.82 Å². The van der Waals surface area contributed by atoms with Crippen LogP contribution >= 0.6 is 0 Å². The van der Waals surface area contributed by atoms with Gasteiger partial charge in [0.05, 0.1) is 0 Å². The molecule has 100 valence electrons. The molecular formula is C15H25N3. The van der Waals surface area contributed by atoms with Gasteiger partial charge in [0, 0.05) is 30.9 Å². The molecule has 1 saturated heterocycles. The van der Waals surface area contributed by atoms with Crippen LogP contribution in [0.4, 0.5) is 5.82 Å². The lowest BCUT2D eigenvalue weighted by Gasteiger charge is -2.28. The maximum absolute atomic E-state index is 6.04. The number of hydrogen-bond donors (Lipinski definition) is 1. The Morgan fingerprint density at radius 3 is 2.72 bits per heavy atom. The Labute approximate surface area is 110 Å². The van der Waals surface area contributed by atoms with Crippen LogP contribution in [0.1, 0.15) is 45.7 Å². The van der Waals surface area contributed by atoms with Crippen LogP contribution in [-0.4, -0.2) is 18.1 Å². The highest BCUT2D eigenvalue weighted by Crippen LogP contribution is 2.36. The third-order valence-corrected chi connectivity index (χ3v) is 4.02. The molecule has 0 amide bonds. The Kier molecular flexibility index (Phi) is 3.62. The molecule has 1 unspecified atom stereocenters. The smallest absolute Gasteiger partial charge is 0.133 e. The standard InChI is InChI=1S/C15H25N3/c1-11(16)13-6-5-8-17-14(13)18-9-7-12(10-18)15(2,3)4/h5-6,8,11-12H,7,9-10,16H2,1-4H3/t11-,12?/m0/s1. The summed E-state index contributed by atoms with van der Waals surface area (Å²) in [5, 5.41) is 0. The van der Waals surface area contributed by atoms with Crippen LogP contribution in [0.3, 0.4) is 0 Å². The number of aromatic nitrogens is 1. The first-order chi connectivity index (χ1) is 8.39. The molecule has 1 aliphatic rings. The SMILES string of the molecule is C[C@H](N)c1cccnc1N1CCC(C(C)(C)C)C1. The molecule has 1 aromatic rings. The van der Waals surface area contributed by atoms with Crippen LogP contribution in [0, 0.1) is 11.3 Å². The van der Waals surface area contributed by atoms with E-state index in [1.807, 2.05) is 19.2 Å². The molecule has 3 nitrogen and oxygen atoms in total. The van der Waals surface area contributed by atoms with Gasteiger partial charge in [-0.15, -0.1) is 0 Å². The van der Waals surface area contributed by atoms with Crippen molar-refractivity contribution in [2.75, 3.05) is 18.0 Å². The quantitative estimate of drug-likeness (QED) is 0.873. The molecule has 0 aromatic carbocycles. The average Bonchev–Trinajstić information content (AvgIpc) is 2.77. The fourth-order valence-corrected chi connectivity index (χ4v) is 2.69. The van der Waals surface area contributed by atoms with E-state index in [-0.39, 0.29) is 6.04 Å². The Balaban J connectivity index is 2.19. The molecule has 0 saturated carbocycles. The number of rotatable bonds is 2. The summed E-state index contributed by atoms with van der Waals surface area (Å²) >= 11 is 0. The monoisotopic (exact) mass is 247 g/mol. The van der Waals surface area contributed by atoms with Crippen molar-refractivity contribution < 1.29 is 0 Å². The van der Waals surface area contributed by atoms with Crippen LogP contribution in [0.15, 0.2) is 18.3 Å². The minimum atomic E-state index is 0.0439. The van der Waals surface area contributed by atoms with Crippen molar-refractivity contribution in [2.24, 2.45) is 17.1 Å². The summed E-state index contributed by atoms with van der Waals surface area (Å²) in [6.45, 7) is 11.2. The van der Waals surface area contributed by atoms with Gasteiger partial charge in [-0.25, -0.2) is 4.98 Å². The fourth-order valence-electron chi connectivity index (χ4n) is 2.69. The number of anilines is 1. The van der Waals surface area contributed by atoms with Gasteiger partial charge >= 0.3 is 0 Å². The van der Waals surface area contributed by atoms with Crippen LogP contribution < -0.4 is 10.6 Å². The van der Waals surface area contributed by atoms with Gasteiger partial charge in [0.2, 0.25) is 0 Å². The second kappa shape index (κ2) is 4.88. The van der Waals surface area contributed by atoms with Crippen LogP contribution in [0.2, 0.25) is 0 Å². The Morgan fingerprint density at radius 2 is 2.17 bits per heavy atom. The zero-order chi connectivity index (χ0) is 13.3. The van der Waals surface area contributed by atoms with Crippen molar-refractivity contribution in [3.63, 3.8) is 0 Å². The average molecular weight is 247 g/mol. The van der Waals surface area contributed by atoms with Gasteiger partial charge in [-0.2, -0.15) is 0 Å². The molecule has 2 atom stereocenters. The molecule has 3 heteroatoms. The lowest BCUT2D eigenvalue weighted by atomic mass is 9.80. The van der Waals surface area contributed by atoms with Crippen molar-refractivity contribution in [2.45, 2.75) is 40.2 Å². The predicted octanol–water partition coefficient (Wildman–Crippen LogP) is 2.97. The van der Waals surface area contributed by atoms with E-state index in [1.54, 1.807) is 0 Å². The van der Waals surface area contributed by atoms with Gasteiger partial charge < -0.3 is 10.6 Å². The molecule has 1 fully saturated rings. The van der Waals surface area contributed by atoms with Crippen LogP contribution in [-0.2, 0) is 0 Å². The molecule has 0 spiro atoms. The summed E-state index contributed by atoms with van der Waals surface area (Å²) in [6.07, 6.45) is 3.12. The predicted molar refractivity (Wildman–Crippen MR) is 76.6 cm³/mol. The van der Waals surface area contributed by atoms with E-state index < -0.39 is 0 Å². The van der Waals surface area contributed by atoms with Gasteiger partial charge in [-0.05, 0) is 30.7 Å². The van der Waals surface area contributed by atoms with E-state index in [0.29, 0.717) is 5.41 Å². The highest BCUT2D eigenvalue weighted by Gasteiger charge is 2.33. The maximum atomic E-state index is 6.04. The first-order valence-electron chi connectivity index (χ1n) is 6.85. The molecule has 0 aliphatic carbocycles. The lowest BCUT2D eigenvalue weighted by Crippen LogP contribution is -2.27. The number of nitrogens with zero attached hydrogens (tertiary/aromatic N) is 2. The van der Waals surface area contributed by atoms with Crippen molar-refractivity contribution in [1.82, 2.24) is 4.98 Å². The highest BCUT2D eigenvalue weighted by atomic mass is 15.2. The normalized spacial score (nSPS) is 22.3. The first-order valence-corrected chi connectivity index (χ1v) is 6.85. The summed E-state index contributed by atoms with van der Waals surface area (Å²) in [5.74, 6) is 1.82. The van der Waals surface area contributed by atoms with Gasteiger partial charge in [-0.3, -0.25) is 0 Å². The largest absolute Gasteiger partial charge is 0.356 e. The molecule has 0 bridgehead atoms. The fraction of sp³-hybridized carbons (Fsp3) is 0.667. The van der Waals surface area contributed by atoms with Crippen LogP contribution in [0.5, 0.6) is 0 Å². The van der Waals surface area contributed by atoms with Gasteiger partial charge in [0.15, 0.2) is 0 Å². The topological polar surface area (TPSA) is 42.1 Å². The minimum absolute atomic E-state index is 0.0439. The van der Waals surface area contributed by atoms with E-state index in [4.69, 9.17) is 5.73 Å². The molecular weight excluding hydrogens is 222 g/mol. The second-order valence-corrected chi connectivity index (χ2v) is 6.50. The molecule has 2 N–H and O–H groups in total.